The van der Waals surface area contributed by atoms with E-state index in [1.807, 2.05) is 24.3 Å². The van der Waals surface area contributed by atoms with Crippen molar-refractivity contribution in [3.05, 3.63) is 29.8 Å². The molecule has 1 aromatic rings. The number of methoxy groups -OCH3 is 1. The molecule has 1 aromatic carbocycles. The average Bonchev–Trinajstić information content (AvgIpc) is 2.61. The third-order valence-electron chi connectivity index (χ3n) is 3.88. The number of ether oxygens (including phenoxy) is 1. The van der Waals surface area contributed by atoms with E-state index in [-0.39, 0.29) is 5.91 Å². The molecule has 0 fully saturated rings. The first kappa shape index (κ1) is 21.9. The highest BCUT2D eigenvalue weighted by Gasteiger charge is 2.01. The highest BCUT2D eigenvalue weighted by atomic mass is 16.5. The maximum absolute atomic E-state index is 11.0. The van der Waals surface area contributed by atoms with Crippen LogP contribution in [0, 0.1) is 0 Å². The summed E-state index contributed by atoms with van der Waals surface area (Å²) in [5.41, 5.74) is 2.03. The van der Waals surface area contributed by atoms with Gasteiger partial charge in [0.05, 0.1) is 0 Å². The standard InChI is InChI=1S/C19H33N5O2/c1-16(25)23-18-8-6-17(7-9-18)10-11-21-19(20-2)22-12-14-24(3)13-5-15-26-4/h6-9H,5,10-15H2,1-4H3,(H,23,25)(H2,20,21,22). The number of anilines is 1. The fourth-order valence-electron chi connectivity index (χ4n) is 2.46. The first-order valence-corrected chi connectivity index (χ1v) is 9.03. The molecule has 1 amide bonds. The number of benzene rings is 1. The molecule has 0 saturated carbocycles. The summed E-state index contributed by atoms with van der Waals surface area (Å²) in [4.78, 5) is 17.5. The van der Waals surface area contributed by atoms with Gasteiger partial charge >= 0.3 is 0 Å². The summed E-state index contributed by atoms with van der Waals surface area (Å²) >= 11 is 0. The van der Waals surface area contributed by atoms with Crippen LogP contribution in [0.2, 0.25) is 0 Å². The number of carbonyl (C=O) groups is 1. The lowest BCUT2D eigenvalue weighted by atomic mass is 10.1. The molecule has 1 rings (SSSR count). The van der Waals surface area contributed by atoms with Crippen LogP contribution in [-0.4, -0.2) is 70.8 Å². The van der Waals surface area contributed by atoms with Crippen LogP contribution in [0.4, 0.5) is 5.69 Å². The predicted octanol–water partition coefficient (Wildman–Crippen LogP) is 1.32. The number of carbonyl (C=O) groups excluding carboxylic acids is 1. The van der Waals surface area contributed by atoms with Crippen LogP contribution in [0.5, 0.6) is 0 Å². The largest absolute Gasteiger partial charge is 0.385 e. The predicted molar refractivity (Wildman–Crippen MR) is 108 cm³/mol. The molecule has 0 aliphatic carbocycles. The summed E-state index contributed by atoms with van der Waals surface area (Å²) in [5, 5.41) is 9.42. The molecule has 0 spiro atoms. The highest BCUT2D eigenvalue weighted by Crippen LogP contribution is 2.09. The van der Waals surface area contributed by atoms with E-state index >= 15 is 0 Å². The minimum atomic E-state index is -0.0568. The fourth-order valence-corrected chi connectivity index (χ4v) is 2.46. The molecule has 0 saturated heterocycles. The second-order valence-electron chi connectivity index (χ2n) is 6.20. The van der Waals surface area contributed by atoms with Crippen LogP contribution in [0.1, 0.15) is 18.9 Å². The first-order chi connectivity index (χ1) is 12.5. The van der Waals surface area contributed by atoms with E-state index in [1.54, 1.807) is 14.2 Å². The zero-order valence-corrected chi connectivity index (χ0v) is 16.5. The lowest BCUT2D eigenvalue weighted by Crippen LogP contribution is -2.41. The van der Waals surface area contributed by atoms with Crippen LogP contribution in [0.3, 0.4) is 0 Å². The molecular weight excluding hydrogens is 330 g/mol. The highest BCUT2D eigenvalue weighted by molar-refractivity contribution is 5.88. The van der Waals surface area contributed by atoms with Gasteiger partial charge in [-0.25, -0.2) is 0 Å². The van der Waals surface area contributed by atoms with Crippen molar-refractivity contribution in [3.8, 4) is 0 Å². The van der Waals surface area contributed by atoms with Gasteiger partial charge in [-0.3, -0.25) is 9.79 Å². The Morgan fingerprint density at radius 2 is 1.85 bits per heavy atom. The maximum atomic E-state index is 11.0. The second kappa shape index (κ2) is 13.1. The van der Waals surface area contributed by atoms with Crippen molar-refractivity contribution in [1.82, 2.24) is 15.5 Å². The summed E-state index contributed by atoms with van der Waals surface area (Å²) < 4.78 is 5.07. The number of guanidine groups is 1. The molecule has 0 bridgehead atoms. The van der Waals surface area contributed by atoms with E-state index in [1.165, 1.54) is 12.5 Å². The summed E-state index contributed by atoms with van der Waals surface area (Å²) in [7, 11) is 5.62. The van der Waals surface area contributed by atoms with Crippen LogP contribution in [0.15, 0.2) is 29.3 Å². The Kier molecular flexibility index (Phi) is 11.1. The minimum absolute atomic E-state index is 0.0568. The Labute approximate surface area is 157 Å². The van der Waals surface area contributed by atoms with Gasteiger partial charge in [0, 0.05) is 59.6 Å². The molecule has 0 aliphatic rings. The Balaban J connectivity index is 2.22. The molecule has 0 atom stereocenters. The number of hydrogen-bond donors (Lipinski definition) is 3. The van der Waals surface area contributed by atoms with Gasteiger partial charge in [0.15, 0.2) is 5.96 Å². The van der Waals surface area contributed by atoms with Gasteiger partial charge in [-0.05, 0) is 37.6 Å². The quantitative estimate of drug-likeness (QED) is 0.314. The lowest BCUT2D eigenvalue weighted by molar-refractivity contribution is -0.114. The molecule has 0 aliphatic heterocycles. The van der Waals surface area contributed by atoms with Crippen molar-refractivity contribution in [2.45, 2.75) is 19.8 Å². The Bertz CT molecular complexity index is 545. The summed E-state index contributed by atoms with van der Waals surface area (Å²) in [5.74, 6) is 0.754. The minimum Gasteiger partial charge on any atom is -0.385 e. The van der Waals surface area contributed by atoms with E-state index in [0.29, 0.717) is 0 Å². The lowest BCUT2D eigenvalue weighted by Gasteiger charge is -2.18. The smallest absolute Gasteiger partial charge is 0.221 e. The number of aliphatic imine (C=N–C) groups is 1. The van der Waals surface area contributed by atoms with Crippen LogP contribution in [0.25, 0.3) is 0 Å². The summed E-state index contributed by atoms with van der Waals surface area (Å²) in [6.07, 6.45) is 1.93. The molecule has 26 heavy (non-hydrogen) atoms. The van der Waals surface area contributed by atoms with Gasteiger partial charge in [-0.15, -0.1) is 0 Å². The van der Waals surface area contributed by atoms with Gasteiger partial charge in [0.2, 0.25) is 5.91 Å². The van der Waals surface area contributed by atoms with E-state index in [2.05, 4.69) is 32.9 Å². The van der Waals surface area contributed by atoms with E-state index in [0.717, 1.165) is 57.3 Å². The van der Waals surface area contributed by atoms with Crippen molar-refractivity contribution >= 4 is 17.6 Å². The molecule has 0 aromatic heterocycles. The summed E-state index contributed by atoms with van der Waals surface area (Å²) in [6.45, 7) is 5.92. The van der Waals surface area contributed by atoms with Gasteiger partial charge < -0.3 is 25.6 Å². The van der Waals surface area contributed by atoms with Crippen molar-refractivity contribution in [2.24, 2.45) is 4.99 Å². The number of likely N-dealkylation sites (N-methyl/N-ethyl adjacent to an activating group) is 1. The van der Waals surface area contributed by atoms with Gasteiger partial charge in [-0.2, -0.15) is 0 Å². The first-order valence-electron chi connectivity index (χ1n) is 9.03. The van der Waals surface area contributed by atoms with Crippen LogP contribution < -0.4 is 16.0 Å². The molecule has 146 valence electrons. The molecule has 7 heteroatoms. The van der Waals surface area contributed by atoms with Crippen LogP contribution in [-0.2, 0) is 16.0 Å². The fraction of sp³-hybridized carbons (Fsp3) is 0.579. The van der Waals surface area contributed by atoms with E-state index in [9.17, 15) is 4.79 Å². The molecule has 7 nitrogen and oxygen atoms in total. The molecular formula is C19H33N5O2. The monoisotopic (exact) mass is 363 g/mol. The van der Waals surface area contributed by atoms with Crippen molar-refractivity contribution < 1.29 is 9.53 Å². The SMILES string of the molecule is CN=C(NCCc1ccc(NC(C)=O)cc1)NCCN(C)CCCOC. The molecule has 3 N–H and O–H groups in total. The van der Waals surface area contributed by atoms with Gasteiger partial charge in [0.25, 0.3) is 0 Å². The average molecular weight is 364 g/mol. The summed E-state index contributed by atoms with van der Waals surface area (Å²) in [6, 6.07) is 7.89. The Morgan fingerprint density at radius 1 is 1.15 bits per heavy atom. The zero-order valence-electron chi connectivity index (χ0n) is 16.5. The van der Waals surface area contributed by atoms with Crippen molar-refractivity contribution in [3.63, 3.8) is 0 Å². The van der Waals surface area contributed by atoms with Crippen LogP contribution >= 0.6 is 0 Å². The Hall–Kier alpha value is -2.12. The van der Waals surface area contributed by atoms with Crippen molar-refractivity contribution in [2.75, 3.05) is 59.3 Å². The third-order valence-corrected chi connectivity index (χ3v) is 3.88. The molecule has 0 heterocycles. The third kappa shape index (κ3) is 10.0. The second-order valence-corrected chi connectivity index (χ2v) is 6.20. The molecule has 0 radical (unpaired) electrons. The number of nitrogens with one attached hydrogen (secondary N) is 3. The number of rotatable bonds is 11. The molecule has 0 unspecified atom stereocenters. The zero-order chi connectivity index (χ0) is 19.2. The number of nitrogens with zero attached hydrogens (tertiary/aromatic N) is 2. The van der Waals surface area contributed by atoms with Gasteiger partial charge in [0.1, 0.15) is 0 Å². The normalized spacial score (nSPS) is 11.5. The number of amides is 1. The topological polar surface area (TPSA) is 78.0 Å². The van der Waals surface area contributed by atoms with Crippen molar-refractivity contribution in [1.29, 1.82) is 0 Å². The van der Waals surface area contributed by atoms with Gasteiger partial charge in [-0.1, -0.05) is 12.1 Å². The Morgan fingerprint density at radius 3 is 2.46 bits per heavy atom. The number of hydrogen-bond acceptors (Lipinski definition) is 4. The van der Waals surface area contributed by atoms with E-state index < -0.39 is 0 Å². The van der Waals surface area contributed by atoms with E-state index in [4.69, 9.17) is 4.74 Å². The maximum Gasteiger partial charge on any atom is 0.221 e.